The molecule has 2 amide bonds. The van der Waals surface area contributed by atoms with Crippen LogP contribution in [0.1, 0.15) is 54.4 Å². The van der Waals surface area contributed by atoms with E-state index >= 15 is 0 Å². The van der Waals surface area contributed by atoms with Crippen molar-refractivity contribution in [2.24, 2.45) is 0 Å². The monoisotopic (exact) mass is 637 g/mol. The summed E-state index contributed by atoms with van der Waals surface area (Å²) in [5, 5.41) is 3.25. The van der Waals surface area contributed by atoms with Crippen LogP contribution in [0.15, 0.2) is 114 Å². The summed E-state index contributed by atoms with van der Waals surface area (Å²) in [6, 6.07) is 32.1. The van der Waals surface area contributed by atoms with Crippen LogP contribution in [-0.4, -0.2) is 43.8 Å². The summed E-state index contributed by atoms with van der Waals surface area (Å²) in [6.07, 6.45) is 5.39. The summed E-state index contributed by atoms with van der Waals surface area (Å²) in [7, 11) is -4.13. The number of rotatable bonds is 12. The van der Waals surface area contributed by atoms with Gasteiger partial charge in [0.15, 0.2) is 0 Å². The molecule has 0 saturated heterocycles. The number of carbonyl (C=O) groups excluding carboxylic acids is 2. The lowest BCUT2D eigenvalue weighted by Crippen LogP contribution is -2.55. The first-order valence-corrected chi connectivity index (χ1v) is 17.5. The molecule has 1 aliphatic carbocycles. The molecule has 0 bridgehead atoms. The van der Waals surface area contributed by atoms with Crippen LogP contribution in [0.2, 0.25) is 0 Å². The molecule has 0 heterocycles. The van der Waals surface area contributed by atoms with Gasteiger partial charge >= 0.3 is 0 Å². The first-order chi connectivity index (χ1) is 22.2. The number of amides is 2. The normalized spacial score (nSPS) is 14.3. The van der Waals surface area contributed by atoms with Crippen molar-refractivity contribution in [1.82, 2.24) is 10.2 Å². The van der Waals surface area contributed by atoms with E-state index in [9.17, 15) is 18.0 Å². The Balaban J connectivity index is 1.56. The Morgan fingerprint density at radius 3 is 1.98 bits per heavy atom. The summed E-state index contributed by atoms with van der Waals surface area (Å²) < 4.78 is 29.6. The van der Waals surface area contributed by atoms with Crippen molar-refractivity contribution < 1.29 is 18.0 Å². The average Bonchev–Trinajstić information content (AvgIpc) is 3.07. The van der Waals surface area contributed by atoms with Gasteiger partial charge in [0.2, 0.25) is 11.8 Å². The molecule has 1 saturated carbocycles. The Hall–Kier alpha value is -4.43. The van der Waals surface area contributed by atoms with Crippen molar-refractivity contribution in [1.29, 1.82) is 0 Å². The lowest BCUT2D eigenvalue weighted by molar-refractivity contribution is -0.140. The fraction of sp³-hybridized carbons (Fsp3) is 0.316. The second-order valence-electron chi connectivity index (χ2n) is 12.2. The Kier molecular flexibility index (Phi) is 10.9. The Morgan fingerprint density at radius 1 is 0.783 bits per heavy atom. The number of anilines is 1. The molecule has 0 aromatic heterocycles. The number of nitrogens with one attached hydrogen (secondary N) is 1. The summed E-state index contributed by atoms with van der Waals surface area (Å²) in [5.41, 5.74) is 3.91. The minimum atomic E-state index is -4.13. The molecular formula is C38H43N3O4S. The van der Waals surface area contributed by atoms with Crippen molar-refractivity contribution in [2.45, 2.75) is 75.9 Å². The van der Waals surface area contributed by atoms with E-state index in [1.54, 1.807) is 29.2 Å². The highest BCUT2D eigenvalue weighted by Crippen LogP contribution is 2.29. The molecule has 1 fully saturated rings. The zero-order chi connectivity index (χ0) is 32.5. The van der Waals surface area contributed by atoms with E-state index < -0.39 is 28.5 Å². The first kappa shape index (κ1) is 32.9. The predicted octanol–water partition coefficient (Wildman–Crippen LogP) is 6.59. The number of nitrogens with zero attached hydrogens (tertiary/aromatic N) is 2. The molecule has 1 atom stereocenters. The molecule has 46 heavy (non-hydrogen) atoms. The highest BCUT2D eigenvalue weighted by Gasteiger charge is 2.35. The standard InChI is InChI=1S/C38H43N3O4S/c1-29-23-24-35(30(2)25-29)41(46(44,45)34-21-13-6-14-22-34)28-37(42)40(27-32-17-9-4-10-18-32)36(26-31-15-7-3-8-16-31)38(43)39-33-19-11-5-12-20-33/h3-4,6-10,13-18,21-25,33,36H,5,11-12,19-20,26-28H2,1-2H3,(H,39,43). The van der Waals surface area contributed by atoms with Crippen LogP contribution in [0, 0.1) is 13.8 Å². The summed E-state index contributed by atoms with van der Waals surface area (Å²) in [5.74, 6) is -0.674. The molecule has 7 nitrogen and oxygen atoms in total. The molecule has 1 aliphatic rings. The zero-order valence-corrected chi connectivity index (χ0v) is 27.5. The number of hydrogen-bond donors (Lipinski definition) is 1. The van der Waals surface area contributed by atoms with Gasteiger partial charge in [-0.05, 0) is 61.6 Å². The van der Waals surface area contributed by atoms with E-state index in [0.717, 1.165) is 54.4 Å². The molecule has 8 heteroatoms. The van der Waals surface area contributed by atoms with Crippen LogP contribution >= 0.6 is 0 Å². The van der Waals surface area contributed by atoms with Gasteiger partial charge in [-0.15, -0.1) is 0 Å². The van der Waals surface area contributed by atoms with Crippen molar-refractivity contribution in [3.63, 3.8) is 0 Å². The third-order valence-corrected chi connectivity index (χ3v) is 10.4. The van der Waals surface area contributed by atoms with Gasteiger partial charge in [0.1, 0.15) is 12.6 Å². The molecule has 0 aliphatic heterocycles. The van der Waals surface area contributed by atoms with Crippen molar-refractivity contribution in [3.8, 4) is 0 Å². The molecule has 4 aromatic rings. The van der Waals surface area contributed by atoms with E-state index in [0.29, 0.717) is 12.1 Å². The quantitative estimate of drug-likeness (QED) is 0.190. The third kappa shape index (κ3) is 8.23. The topological polar surface area (TPSA) is 86.8 Å². The molecule has 0 spiro atoms. The van der Waals surface area contributed by atoms with Crippen LogP contribution < -0.4 is 9.62 Å². The lowest BCUT2D eigenvalue weighted by Gasteiger charge is -2.35. The predicted molar refractivity (Wildman–Crippen MR) is 183 cm³/mol. The maximum absolute atomic E-state index is 14.7. The second-order valence-corrected chi connectivity index (χ2v) is 14.0. The third-order valence-electron chi connectivity index (χ3n) is 8.65. The minimum Gasteiger partial charge on any atom is -0.352 e. The summed E-state index contributed by atoms with van der Waals surface area (Å²) in [6.45, 7) is 3.48. The number of aryl methyl sites for hydroxylation is 2. The van der Waals surface area contributed by atoms with Crippen molar-refractivity contribution in [2.75, 3.05) is 10.8 Å². The maximum atomic E-state index is 14.7. The molecular weight excluding hydrogens is 595 g/mol. The van der Waals surface area contributed by atoms with Crippen LogP contribution in [-0.2, 0) is 32.6 Å². The number of sulfonamides is 1. The number of benzene rings is 4. The number of carbonyl (C=O) groups is 2. The molecule has 0 radical (unpaired) electrons. The van der Waals surface area contributed by atoms with Gasteiger partial charge in [0.05, 0.1) is 10.6 Å². The first-order valence-electron chi connectivity index (χ1n) is 16.0. The van der Waals surface area contributed by atoms with Gasteiger partial charge in [-0.25, -0.2) is 8.42 Å². The van der Waals surface area contributed by atoms with E-state index in [4.69, 9.17) is 0 Å². The van der Waals surface area contributed by atoms with Gasteiger partial charge < -0.3 is 10.2 Å². The van der Waals surface area contributed by atoms with E-state index in [-0.39, 0.29) is 23.4 Å². The van der Waals surface area contributed by atoms with Gasteiger partial charge in [0.25, 0.3) is 10.0 Å². The van der Waals surface area contributed by atoms with Crippen LogP contribution in [0.5, 0.6) is 0 Å². The van der Waals surface area contributed by atoms with Crippen LogP contribution in [0.4, 0.5) is 5.69 Å². The van der Waals surface area contributed by atoms with E-state index in [1.165, 1.54) is 16.4 Å². The van der Waals surface area contributed by atoms with Gasteiger partial charge in [-0.1, -0.05) is 116 Å². The van der Waals surface area contributed by atoms with E-state index in [1.807, 2.05) is 86.6 Å². The largest absolute Gasteiger partial charge is 0.352 e. The highest BCUT2D eigenvalue weighted by atomic mass is 32.2. The molecule has 240 valence electrons. The van der Waals surface area contributed by atoms with Crippen LogP contribution in [0.3, 0.4) is 0 Å². The van der Waals surface area contributed by atoms with Crippen molar-refractivity contribution in [3.05, 3.63) is 131 Å². The van der Waals surface area contributed by atoms with Gasteiger partial charge in [0, 0.05) is 19.0 Å². The fourth-order valence-electron chi connectivity index (χ4n) is 6.20. The SMILES string of the molecule is Cc1ccc(N(CC(=O)N(Cc2ccccc2)C(Cc2ccccc2)C(=O)NC2CCCCC2)S(=O)(=O)c2ccccc2)c(C)c1. The Bertz CT molecular complexity index is 1710. The fourth-order valence-corrected chi connectivity index (χ4v) is 7.70. The molecule has 1 N–H and O–H groups in total. The summed E-state index contributed by atoms with van der Waals surface area (Å²) >= 11 is 0. The van der Waals surface area contributed by atoms with Crippen molar-refractivity contribution >= 4 is 27.5 Å². The van der Waals surface area contributed by atoms with Gasteiger partial charge in [-0.3, -0.25) is 13.9 Å². The number of hydrogen-bond acceptors (Lipinski definition) is 4. The zero-order valence-electron chi connectivity index (χ0n) is 26.6. The van der Waals surface area contributed by atoms with Crippen LogP contribution in [0.25, 0.3) is 0 Å². The summed E-state index contributed by atoms with van der Waals surface area (Å²) in [4.78, 5) is 30.5. The minimum absolute atomic E-state index is 0.0540. The molecule has 4 aromatic carbocycles. The second kappa shape index (κ2) is 15.2. The highest BCUT2D eigenvalue weighted by molar-refractivity contribution is 7.92. The Labute approximate surface area is 273 Å². The molecule has 5 rings (SSSR count). The molecule has 1 unspecified atom stereocenters. The smallest absolute Gasteiger partial charge is 0.264 e. The van der Waals surface area contributed by atoms with Gasteiger partial charge in [-0.2, -0.15) is 0 Å². The Morgan fingerprint density at radius 2 is 1.37 bits per heavy atom. The maximum Gasteiger partial charge on any atom is 0.264 e. The lowest BCUT2D eigenvalue weighted by atomic mass is 9.94. The average molecular weight is 638 g/mol. The van der Waals surface area contributed by atoms with E-state index in [2.05, 4.69) is 5.32 Å².